The van der Waals surface area contributed by atoms with Gasteiger partial charge in [0, 0.05) is 84.7 Å². The molecule has 9 rings (SSSR count). The van der Waals surface area contributed by atoms with E-state index in [1.54, 1.807) is 42.4 Å². The number of nitriles is 1. The minimum atomic E-state index is -0.502. The molecule has 4 aliphatic rings. The average Bonchev–Trinajstić information content (AvgIpc) is 3.84. The maximum Gasteiger partial charge on any atom is 0.325 e. The van der Waals surface area contributed by atoms with Gasteiger partial charge in [0.05, 0.1) is 39.4 Å². The molecule has 2 bridgehead atoms. The fourth-order valence-electron chi connectivity index (χ4n) is 8.37. The Kier molecular flexibility index (Phi) is 8.13. The average molecular weight is 713 g/mol. The van der Waals surface area contributed by atoms with Gasteiger partial charge < -0.3 is 19.4 Å². The highest BCUT2D eigenvalue weighted by atomic mass is 35.5. The number of benzene rings is 2. The SMILES string of the molecule is Cc1nc2c(F)c(-c3cccc(Cl)c3Cl)c(CCC#N)cc2c2c1cc([C@@H](C)N1CCCN(c3ccn(C)c(=O)c3)C1=O)n2[C@H]1[C@H]2CN[C@@H]1C2. The molecule has 2 amide bonds. The zero-order valence-corrected chi connectivity index (χ0v) is 29.5. The number of aromatic nitrogens is 3. The molecule has 6 heterocycles. The minimum absolute atomic E-state index is 0.121. The third-order valence-corrected chi connectivity index (χ3v) is 11.8. The first-order chi connectivity index (χ1) is 24.1. The Hall–Kier alpha value is -4.43. The Balaban J connectivity index is 1.33. The van der Waals surface area contributed by atoms with Gasteiger partial charge in [0.2, 0.25) is 0 Å². The molecule has 0 radical (unpaired) electrons. The normalized spacial score (nSPS) is 20.8. The van der Waals surface area contributed by atoms with Crippen LogP contribution in [0.1, 0.15) is 55.2 Å². The molecule has 4 fully saturated rings. The van der Waals surface area contributed by atoms with E-state index in [0.29, 0.717) is 63.9 Å². The second kappa shape index (κ2) is 12.4. The van der Waals surface area contributed by atoms with Gasteiger partial charge in [-0.1, -0.05) is 35.3 Å². The highest BCUT2D eigenvalue weighted by Gasteiger charge is 2.49. The Morgan fingerprint density at radius 1 is 1.14 bits per heavy atom. The second-order valence-corrected chi connectivity index (χ2v) is 14.6. The first kappa shape index (κ1) is 32.8. The van der Waals surface area contributed by atoms with Crippen molar-refractivity contribution in [2.45, 2.75) is 57.7 Å². The lowest BCUT2D eigenvalue weighted by atomic mass is 9.79. The van der Waals surface area contributed by atoms with E-state index in [1.807, 2.05) is 24.8 Å². The predicted octanol–water partition coefficient (Wildman–Crippen LogP) is 7.69. The van der Waals surface area contributed by atoms with Crippen LogP contribution in [0.25, 0.3) is 32.9 Å². The molecule has 256 valence electrons. The van der Waals surface area contributed by atoms with Crippen LogP contribution in [0, 0.1) is 30.0 Å². The van der Waals surface area contributed by atoms with Gasteiger partial charge in [0.15, 0.2) is 5.82 Å². The topological polar surface area (TPSA) is 99.2 Å². The fourth-order valence-corrected chi connectivity index (χ4v) is 8.77. The predicted molar refractivity (Wildman–Crippen MR) is 194 cm³/mol. The molecule has 9 nitrogen and oxygen atoms in total. The van der Waals surface area contributed by atoms with E-state index in [1.165, 1.54) is 10.6 Å². The van der Waals surface area contributed by atoms with Crippen LogP contribution in [0.5, 0.6) is 0 Å². The van der Waals surface area contributed by atoms with Crippen molar-refractivity contribution in [3.63, 3.8) is 0 Å². The van der Waals surface area contributed by atoms with Gasteiger partial charge in [-0.05, 0) is 68.9 Å². The number of halogens is 3. The third-order valence-electron chi connectivity index (χ3n) is 11.0. The Morgan fingerprint density at radius 3 is 2.68 bits per heavy atom. The minimum Gasteiger partial charge on any atom is -0.337 e. The number of fused-ring (bicyclic) bond motifs is 4. The third kappa shape index (κ3) is 5.01. The van der Waals surface area contributed by atoms with Gasteiger partial charge in [-0.2, -0.15) is 5.26 Å². The van der Waals surface area contributed by atoms with Crippen molar-refractivity contribution in [3.8, 4) is 17.2 Å². The van der Waals surface area contributed by atoms with Crippen LogP contribution in [0.15, 0.2) is 53.5 Å². The van der Waals surface area contributed by atoms with E-state index in [-0.39, 0.29) is 46.7 Å². The summed E-state index contributed by atoms with van der Waals surface area (Å²) < 4.78 is 20.9. The number of aryl methyl sites for hydroxylation is 3. The Morgan fingerprint density at radius 2 is 1.96 bits per heavy atom. The summed E-state index contributed by atoms with van der Waals surface area (Å²) in [5.74, 6) is -0.107. The van der Waals surface area contributed by atoms with E-state index in [2.05, 4.69) is 22.0 Å². The molecule has 2 aromatic carbocycles. The number of pyridine rings is 2. The molecule has 0 spiro atoms. The number of hydrogen-bond donors (Lipinski definition) is 1. The molecular formula is C38H36Cl2FN7O2. The molecule has 3 aliphatic heterocycles. The molecule has 1 N–H and O–H groups in total. The Bertz CT molecular complexity index is 2310. The summed E-state index contributed by atoms with van der Waals surface area (Å²) in [6.45, 7) is 5.92. The molecule has 3 aromatic heterocycles. The summed E-state index contributed by atoms with van der Waals surface area (Å²) in [6, 6.07) is 14.6. The van der Waals surface area contributed by atoms with Crippen molar-refractivity contribution in [3.05, 3.63) is 91.8 Å². The first-order valence-corrected chi connectivity index (χ1v) is 17.8. The van der Waals surface area contributed by atoms with Crippen molar-refractivity contribution in [1.82, 2.24) is 24.3 Å². The quantitative estimate of drug-likeness (QED) is 0.187. The van der Waals surface area contributed by atoms with Gasteiger partial charge in [-0.3, -0.25) is 9.69 Å². The molecule has 5 aromatic rings. The lowest BCUT2D eigenvalue weighted by molar-refractivity contribution is 0.165. The van der Waals surface area contributed by atoms with E-state index >= 15 is 4.39 Å². The molecule has 1 saturated carbocycles. The van der Waals surface area contributed by atoms with Crippen LogP contribution in [-0.2, 0) is 13.5 Å². The van der Waals surface area contributed by atoms with Crippen LogP contribution in [0.2, 0.25) is 10.0 Å². The number of carbonyl (C=O) groups excluding carboxylic acids is 1. The fraction of sp³-hybridized carbons (Fsp3) is 0.368. The lowest BCUT2D eigenvalue weighted by Gasteiger charge is -2.42. The number of anilines is 1. The summed E-state index contributed by atoms with van der Waals surface area (Å²) in [5, 5.41) is 15.3. The van der Waals surface area contributed by atoms with Crippen LogP contribution in [0.3, 0.4) is 0 Å². The number of rotatable bonds is 7. The monoisotopic (exact) mass is 711 g/mol. The maximum absolute atomic E-state index is 17.1. The highest BCUT2D eigenvalue weighted by molar-refractivity contribution is 6.43. The lowest BCUT2D eigenvalue weighted by Crippen LogP contribution is -2.51. The van der Waals surface area contributed by atoms with Crippen LogP contribution < -0.4 is 15.8 Å². The maximum atomic E-state index is 17.1. The summed E-state index contributed by atoms with van der Waals surface area (Å²) in [6.07, 6.45) is 3.99. The van der Waals surface area contributed by atoms with E-state index < -0.39 is 5.82 Å². The zero-order valence-electron chi connectivity index (χ0n) is 28.0. The molecule has 3 saturated heterocycles. The van der Waals surface area contributed by atoms with Gasteiger partial charge in [-0.15, -0.1) is 0 Å². The molecule has 4 atom stereocenters. The van der Waals surface area contributed by atoms with Gasteiger partial charge >= 0.3 is 6.03 Å². The molecular weight excluding hydrogens is 676 g/mol. The van der Waals surface area contributed by atoms with Gasteiger partial charge in [0.25, 0.3) is 5.56 Å². The summed E-state index contributed by atoms with van der Waals surface area (Å²) >= 11 is 13.0. The first-order valence-electron chi connectivity index (χ1n) is 17.0. The number of nitrogens with one attached hydrogen (secondary N) is 1. The summed E-state index contributed by atoms with van der Waals surface area (Å²) in [4.78, 5) is 35.1. The molecule has 12 heteroatoms. The largest absolute Gasteiger partial charge is 0.337 e. The van der Waals surface area contributed by atoms with E-state index in [4.69, 9.17) is 28.2 Å². The second-order valence-electron chi connectivity index (χ2n) is 13.8. The van der Waals surface area contributed by atoms with E-state index in [9.17, 15) is 14.9 Å². The van der Waals surface area contributed by atoms with Crippen LogP contribution in [0.4, 0.5) is 14.9 Å². The number of nitrogens with zero attached hydrogens (tertiary/aromatic N) is 6. The Labute approximate surface area is 298 Å². The van der Waals surface area contributed by atoms with Crippen molar-refractivity contribution in [1.29, 1.82) is 5.26 Å². The molecule has 0 unspecified atom stereocenters. The smallest absolute Gasteiger partial charge is 0.325 e. The van der Waals surface area contributed by atoms with Crippen molar-refractivity contribution in [2.24, 2.45) is 13.0 Å². The van der Waals surface area contributed by atoms with E-state index in [0.717, 1.165) is 36.0 Å². The number of hydrogen-bond acceptors (Lipinski definition) is 5. The van der Waals surface area contributed by atoms with Crippen molar-refractivity contribution in [2.75, 3.05) is 24.5 Å². The standard InChI is InChI=1S/C38H36Cl2FN7O2/c1-20-26-18-30(21(2)46-12-6-13-47(38(46)50)24-10-14-45(3)31(49)17-24)48(36-23-16-29(36)43-19-23)37(26)27-15-22(7-5-11-42)32(34(41)35(27)44-20)25-8-4-9-28(39)33(25)40/h4,8-10,14-15,17-18,21,23,29,36,43H,5-7,12-13,16,19H2,1-3H3/t21-,23-,29-,36+/m1/s1. The summed E-state index contributed by atoms with van der Waals surface area (Å²) in [7, 11) is 1.69. The van der Waals surface area contributed by atoms with Crippen molar-refractivity contribution < 1.29 is 9.18 Å². The van der Waals surface area contributed by atoms with Gasteiger partial charge in [-0.25, -0.2) is 14.2 Å². The van der Waals surface area contributed by atoms with Gasteiger partial charge in [0.1, 0.15) is 5.52 Å². The van der Waals surface area contributed by atoms with Crippen LogP contribution in [-0.4, -0.2) is 50.7 Å². The number of carbonyl (C=O) groups is 1. The van der Waals surface area contributed by atoms with Crippen LogP contribution >= 0.6 is 23.2 Å². The number of amides is 2. The molecule has 50 heavy (non-hydrogen) atoms. The molecule has 1 aliphatic carbocycles. The van der Waals surface area contributed by atoms with Crippen molar-refractivity contribution >= 4 is 56.7 Å². The highest BCUT2D eigenvalue weighted by Crippen LogP contribution is 2.50. The summed E-state index contributed by atoms with van der Waals surface area (Å²) in [5.41, 5.74) is 4.57. The zero-order chi connectivity index (χ0) is 35.0. The number of urea groups is 1.